The first-order chi connectivity index (χ1) is 6.26. The molecule has 0 fully saturated rings. The molecule has 13 heavy (non-hydrogen) atoms. The van der Waals surface area contributed by atoms with Crippen molar-refractivity contribution in [3.63, 3.8) is 0 Å². The minimum atomic E-state index is 0.568. The molecule has 4 nitrogen and oxygen atoms in total. The molecule has 0 amide bonds. The zero-order valence-corrected chi connectivity index (χ0v) is 8.20. The Bertz CT molecular complexity index is 252. The third-order valence-corrected chi connectivity index (χ3v) is 1.38. The summed E-state index contributed by atoms with van der Waals surface area (Å²) in [5.74, 6) is 1.80. The molecule has 0 unspecified atom stereocenters. The van der Waals surface area contributed by atoms with Crippen molar-refractivity contribution in [1.82, 2.24) is 9.97 Å². The second-order valence-electron chi connectivity index (χ2n) is 2.46. The van der Waals surface area contributed by atoms with Crippen LogP contribution in [0.2, 0.25) is 0 Å². The summed E-state index contributed by atoms with van der Waals surface area (Å²) in [6.45, 7) is 6.84. The summed E-state index contributed by atoms with van der Waals surface area (Å²) < 4.78 is 10.5. The molecule has 0 radical (unpaired) electrons. The molecule has 0 saturated carbocycles. The molecule has 4 heteroatoms. The fourth-order valence-corrected chi connectivity index (χ4v) is 0.958. The van der Waals surface area contributed by atoms with Crippen molar-refractivity contribution in [2.24, 2.45) is 0 Å². The Labute approximate surface area is 77.9 Å². The Morgan fingerprint density at radius 3 is 1.92 bits per heavy atom. The van der Waals surface area contributed by atoms with E-state index >= 15 is 0 Å². The first-order valence-electron chi connectivity index (χ1n) is 4.37. The molecule has 0 saturated heterocycles. The maximum atomic E-state index is 5.24. The van der Waals surface area contributed by atoms with Crippen LogP contribution in [0.1, 0.15) is 19.7 Å². The molecule has 1 heterocycles. The van der Waals surface area contributed by atoms with E-state index in [0.717, 1.165) is 0 Å². The van der Waals surface area contributed by atoms with Gasteiger partial charge in [0, 0.05) is 0 Å². The molecule has 1 rings (SSSR count). The van der Waals surface area contributed by atoms with Gasteiger partial charge in [0.1, 0.15) is 5.82 Å². The smallest absolute Gasteiger partial charge is 0.220 e. The lowest BCUT2D eigenvalue weighted by Crippen LogP contribution is -2.01. The van der Waals surface area contributed by atoms with Crippen LogP contribution in [0.3, 0.4) is 0 Å². The second-order valence-corrected chi connectivity index (χ2v) is 2.46. The number of hydrogen-bond donors (Lipinski definition) is 0. The lowest BCUT2D eigenvalue weighted by atomic mass is 10.5. The van der Waals surface area contributed by atoms with Gasteiger partial charge in [-0.3, -0.25) is 0 Å². The minimum absolute atomic E-state index is 0.568. The average molecular weight is 182 g/mol. The average Bonchev–Trinajstić information content (AvgIpc) is 2.04. The second kappa shape index (κ2) is 4.64. The van der Waals surface area contributed by atoms with Gasteiger partial charge in [-0.05, 0) is 20.8 Å². The van der Waals surface area contributed by atoms with E-state index in [0.29, 0.717) is 30.8 Å². The zero-order chi connectivity index (χ0) is 9.68. The van der Waals surface area contributed by atoms with Crippen LogP contribution in [0, 0.1) is 6.92 Å². The molecule has 0 spiro atoms. The van der Waals surface area contributed by atoms with E-state index in [1.54, 1.807) is 6.07 Å². The van der Waals surface area contributed by atoms with Crippen molar-refractivity contribution in [1.29, 1.82) is 0 Å². The predicted molar refractivity (Wildman–Crippen MR) is 49.1 cm³/mol. The zero-order valence-electron chi connectivity index (χ0n) is 8.20. The fraction of sp³-hybridized carbons (Fsp3) is 0.556. The summed E-state index contributed by atoms with van der Waals surface area (Å²) in [6, 6.07) is 1.69. The lowest BCUT2D eigenvalue weighted by molar-refractivity contribution is 0.304. The van der Waals surface area contributed by atoms with E-state index < -0.39 is 0 Å². The van der Waals surface area contributed by atoms with Gasteiger partial charge in [0.25, 0.3) is 0 Å². The van der Waals surface area contributed by atoms with E-state index in [2.05, 4.69) is 9.97 Å². The lowest BCUT2D eigenvalue weighted by Gasteiger charge is -2.06. The number of rotatable bonds is 4. The quantitative estimate of drug-likeness (QED) is 0.709. The SMILES string of the molecule is CCOc1cc(OCC)nc(C)n1. The van der Waals surface area contributed by atoms with Crippen molar-refractivity contribution < 1.29 is 9.47 Å². The molecule has 1 aromatic heterocycles. The largest absolute Gasteiger partial charge is 0.478 e. The van der Waals surface area contributed by atoms with Crippen LogP contribution in [-0.2, 0) is 0 Å². The molecular formula is C9H14N2O2. The fourth-order valence-electron chi connectivity index (χ4n) is 0.958. The predicted octanol–water partition coefficient (Wildman–Crippen LogP) is 1.58. The van der Waals surface area contributed by atoms with Crippen LogP contribution in [0.25, 0.3) is 0 Å². The maximum absolute atomic E-state index is 5.24. The molecule has 0 aliphatic heterocycles. The summed E-state index contributed by atoms with van der Waals surface area (Å²) in [4.78, 5) is 8.18. The Balaban J connectivity index is 2.83. The van der Waals surface area contributed by atoms with Crippen molar-refractivity contribution in [3.05, 3.63) is 11.9 Å². The molecule has 0 aliphatic carbocycles. The van der Waals surface area contributed by atoms with Crippen LogP contribution in [-0.4, -0.2) is 23.2 Å². The molecule has 72 valence electrons. The van der Waals surface area contributed by atoms with Crippen molar-refractivity contribution in [3.8, 4) is 11.8 Å². The van der Waals surface area contributed by atoms with Gasteiger partial charge >= 0.3 is 0 Å². The highest BCUT2D eigenvalue weighted by molar-refractivity contribution is 5.20. The molecule has 0 atom stereocenters. The molecule has 0 aliphatic rings. The Morgan fingerprint density at radius 1 is 1.08 bits per heavy atom. The van der Waals surface area contributed by atoms with Gasteiger partial charge in [-0.1, -0.05) is 0 Å². The third-order valence-electron chi connectivity index (χ3n) is 1.38. The highest BCUT2D eigenvalue weighted by atomic mass is 16.5. The first kappa shape index (κ1) is 9.77. The number of aromatic nitrogens is 2. The van der Waals surface area contributed by atoms with Crippen molar-refractivity contribution in [2.75, 3.05) is 13.2 Å². The summed E-state index contributed by atoms with van der Waals surface area (Å²) in [7, 11) is 0. The van der Waals surface area contributed by atoms with Crippen LogP contribution in [0.5, 0.6) is 11.8 Å². The van der Waals surface area contributed by atoms with Crippen LogP contribution in [0.4, 0.5) is 0 Å². The number of aryl methyl sites for hydroxylation is 1. The Morgan fingerprint density at radius 2 is 1.54 bits per heavy atom. The van der Waals surface area contributed by atoms with Gasteiger partial charge in [0.05, 0.1) is 19.3 Å². The van der Waals surface area contributed by atoms with Crippen LogP contribution >= 0.6 is 0 Å². The maximum Gasteiger partial charge on any atom is 0.220 e. The van der Waals surface area contributed by atoms with E-state index in [4.69, 9.17) is 9.47 Å². The molecule has 0 N–H and O–H groups in total. The number of ether oxygens (including phenoxy) is 2. The van der Waals surface area contributed by atoms with Crippen LogP contribution in [0.15, 0.2) is 6.07 Å². The minimum Gasteiger partial charge on any atom is -0.478 e. The van der Waals surface area contributed by atoms with Gasteiger partial charge in [-0.15, -0.1) is 0 Å². The van der Waals surface area contributed by atoms with Gasteiger partial charge in [-0.25, -0.2) is 0 Å². The summed E-state index contributed by atoms with van der Waals surface area (Å²) in [6.07, 6.45) is 0. The van der Waals surface area contributed by atoms with Gasteiger partial charge in [0.15, 0.2) is 0 Å². The molecule has 1 aromatic rings. The highest BCUT2D eigenvalue weighted by Crippen LogP contribution is 2.14. The molecule has 0 aromatic carbocycles. The highest BCUT2D eigenvalue weighted by Gasteiger charge is 2.01. The molecular weight excluding hydrogens is 168 g/mol. The van der Waals surface area contributed by atoms with Crippen LogP contribution < -0.4 is 9.47 Å². The Kier molecular flexibility index (Phi) is 3.49. The van der Waals surface area contributed by atoms with Gasteiger partial charge in [0.2, 0.25) is 11.8 Å². The normalized spacial score (nSPS) is 9.77. The third kappa shape index (κ3) is 2.89. The van der Waals surface area contributed by atoms with Gasteiger partial charge in [-0.2, -0.15) is 9.97 Å². The summed E-state index contributed by atoms with van der Waals surface area (Å²) in [5.41, 5.74) is 0. The van der Waals surface area contributed by atoms with Crippen molar-refractivity contribution in [2.45, 2.75) is 20.8 Å². The molecule has 0 bridgehead atoms. The first-order valence-corrected chi connectivity index (χ1v) is 4.37. The summed E-state index contributed by atoms with van der Waals surface area (Å²) >= 11 is 0. The topological polar surface area (TPSA) is 44.2 Å². The van der Waals surface area contributed by atoms with E-state index in [1.165, 1.54) is 0 Å². The van der Waals surface area contributed by atoms with E-state index in [9.17, 15) is 0 Å². The van der Waals surface area contributed by atoms with E-state index in [-0.39, 0.29) is 0 Å². The van der Waals surface area contributed by atoms with Crippen molar-refractivity contribution >= 4 is 0 Å². The number of nitrogens with zero attached hydrogens (tertiary/aromatic N) is 2. The van der Waals surface area contributed by atoms with Gasteiger partial charge < -0.3 is 9.47 Å². The van der Waals surface area contributed by atoms with E-state index in [1.807, 2.05) is 20.8 Å². The monoisotopic (exact) mass is 182 g/mol. The number of hydrogen-bond acceptors (Lipinski definition) is 4. The Hall–Kier alpha value is -1.32. The summed E-state index contributed by atoms with van der Waals surface area (Å²) in [5, 5.41) is 0. The standard InChI is InChI=1S/C9H14N2O2/c1-4-12-8-6-9(13-5-2)11-7(3)10-8/h6H,4-5H2,1-3H3.